The molecule has 0 atom stereocenters. The molecule has 4 heterocycles. The Hall–Kier alpha value is -2.65. The van der Waals surface area contributed by atoms with Crippen LogP contribution in [0.15, 0.2) is 73.3 Å². The number of fused-ring (bicyclic) bond motifs is 4. The van der Waals surface area contributed by atoms with Crippen molar-refractivity contribution < 1.29 is 22.4 Å². The second kappa shape index (κ2) is 6.45. The van der Waals surface area contributed by atoms with Crippen LogP contribution in [0.4, 0.5) is 0 Å². The van der Waals surface area contributed by atoms with Gasteiger partial charge < -0.3 is 0 Å². The summed E-state index contributed by atoms with van der Waals surface area (Å²) < 4.78 is 9.10. The first-order chi connectivity index (χ1) is 13.8. The fraction of sp³-hybridized carbons (Fsp3) is 0.182. The van der Waals surface area contributed by atoms with Gasteiger partial charge in [0, 0.05) is 0 Å². The summed E-state index contributed by atoms with van der Waals surface area (Å²) in [6, 6.07) is 16.9. The van der Waals surface area contributed by atoms with E-state index in [2.05, 4.69) is 80.8 Å². The van der Waals surface area contributed by atoms with Crippen molar-refractivity contribution in [3.63, 3.8) is 0 Å². The Labute approximate surface area is 172 Å². The molecule has 144 valence electrons. The van der Waals surface area contributed by atoms with Gasteiger partial charge in [0.2, 0.25) is 0 Å². The summed E-state index contributed by atoms with van der Waals surface area (Å²) in [6.45, 7) is 3.81. The van der Waals surface area contributed by atoms with Gasteiger partial charge in [-0.05, 0) is 0 Å². The second-order valence-corrected chi connectivity index (χ2v) is 9.80. The van der Waals surface area contributed by atoms with Crippen LogP contribution >= 0.6 is 0 Å². The van der Waals surface area contributed by atoms with Crippen molar-refractivity contribution in [2.75, 3.05) is 13.1 Å². The summed E-state index contributed by atoms with van der Waals surface area (Å²) in [4.78, 5) is 9.73. The molecule has 0 saturated heterocycles. The van der Waals surface area contributed by atoms with Gasteiger partial charge in [-0.25, -0.2) is 0 Å². The van der Waals surface area contributed by atoms with E-state index >= 15 is 0 Å². The maximum atomic E-state index is 6.18. The molecule has 4 aliphatic heterocycles. The normalized spacial score (nSPS) is 20.0. The zero-order valence-electron chi connectivity index (χ0n) is 15.3. The first-order valence-corrected chi connectivity index (χ1v) is 11.7. The standard InChI is InChI=1S/C22H20N4O.Pt/c1-3-19-13-21(5-1)27-22-6-2-4-20(14-22)16-26-12-10-24(18-26)8-7-23-9-11-25(15-19)17-23;/h1-6,9-14H,7-8,15-16H2;. The third-order valence-corrected chi connectivity index (χ3v) is 8.82. The molecule has 6 heteroatoms. The van der Waals surface area contributed by atoms with Crippen LogP contribution in [0.2, 0.25) is 0 Å². The molecular weight excluding hydrogens is 531 g/mol. The van der Waals surface area contributed by atoms with Crippen LogP contribution in [0.3, 0.4) is 0 Å². The fourth-order valence-electron chi connectivity index (χ4n) is 3.83. The predicted octanol–water partition coefficient (Wildman–Crippen LogP) is 2.94. The number of nitrogens with zero attached hydrogens (tertiary/aromatic N) is 4. The van der Waals surface area contributed by atoms with E-state index in [1.54, 1.807) is 0 Å². The number of rotatable bonds is 0. The van der Waals surface area contributed by atoms with E-state index in [4.69, 9.17) is 4.74 Å². The average Bonchev–Trinajstić information content (AvgIpc) is 3.19. The minimum atomic E-state index is -0.302. The van der Waals surface area contributed by atoms with Crippen LogP contribution in [0.1, 0.15) is 11.1 Å². The SMILES string of the molecule is C1=CN2Cc3cccc(c3)Oc3cccc(c3)CN3C=CN4CCN1[C]2=[Pt]=[C]43. The van der Waals surface area contributed by atoms with Gasteiger partial charge in [0.1, 0.15) is 0 Å². The van der Waals surface area contributed by atoms with Gasteiger partial charge in [-0.2, -0.15) is 0 Å². The third kappa shape index (κ3) is 2.82. The summed E-state index contributed by atoms with van der Waals surface area (Å²) >= 11 is -0.302. The van der Waals surface area contributed by atoms with Gasteiger partial charge in [0.15, 0.2) is 0 Å². The summed E-state index contributed by atoms with van der Waals surface area (Å²) in [5, 5.41) is 0. The number of ether oxygens (including phenoxy) is 1. The predicted molar refractivity (Wildman–Crippen MR) is 106 cm³/mol. The molecule has 2 aromatic carbocycles. The molecule has 0 unspecified atom stereocenters. The molecule has 0 N–H and O–H groups in total. The van der Waals surface area contributed by atoms with Crippen molar-refractivity contribution in [1.82, 2.24) is 19.6 Å². The Morgan fingerprint density at radius 3 is 1.68 bits per heavy atom. The second-order valence-electron chi connectivity index (χ2n) is 7.20. The van der Waals surface area contributed by atoms with Crippen molar-refractivity contribution in [3.05, 3.63) is 84.5 Å². The molecule has 0 saturated carbocycles. The quantitative estimate of drug-likeness (QED) is 0.501. The molecule has 5 nitrogen and oxygen atoms in total. The van der Waals surface area contributed by atoms with Crippen LogP contribution < -0.4 is 4.74 Å². The van der Waals surface area contributed by atoms with E-state index in [0.717, 1.165) is 37.7 Å². The summed E-state index contributed by atoms with van der Waals surface area (Å²) in [7, 11) is 0. The van der Waals surface area contributed by atoms with Crippen molar-refractivity contribution >= 4 is 8.29 Å². The van der Waals surface area contributed by atoms with Gasteiger partial charge in [-0.15, -0.1) is 0 Å². The molecule has 28 heavy (non-hydrogen) atoms. The van der Waals surface area contributed by atoms with Crippen LogP contribution in [0, 0.1) is 0 Å². The van der Waals surface area contributed by atoms with E-state index in [1.807, 2.05) is 12.1 Å². The van der Waals surface area contributed by atoms with Crippen LogP contribution in [0.5, 0.6) is 11.5 Å². The summed E-state index contributed by atoms with van der Waals surface area (Å²) in [5.41, 5.74) is 2.53. The van der Waals surface area contributed by atoms with E-state index in [-0.39, 0.29) is 17.6 Å². The Balaban J connectivity index is 1.51. The molecule has 4 aliphatic rings. The zero-order chi connectivity index (χ0) is 18.5. The van der Waals surface area contributed by atoms with Gasteiger partial charge in [-0.3, -0.25) is 0 Å². The maximum absolute atomic E-state index is 6.18. The van der Waals surface area contributed by atoms with Crippen molar-refractivity contribution in [2.45, 2.75) is 13.1 Å². The number of benzene rings is 2. The molecule has 2 aromatic rings. The van der Waals surface area contributed by atoms with Crippen molar-refractivity contribution in [2.24, 2.45) is 0 Å². The van der Waals surface area contributed by atoms with E-state index in [1.165, 1.54) is 19.4 Å². The molecule has 0 radical (unpaired) electrons. The topological polar surface area (TPSA) is 22.2 Å². The van der Waals surface area contributed by atoms with Gasteiger partial charge in [0.25, 0.3) is 0 Å². The molecule has 0 aliphatic carbocycles. The Bertz CT molecular complexity index is 1000. The Kier molecular flexibility index (Phi) is 3.76. The van der Waals surface area contributed by atoms with E-state index < -0.39 is 0 Å². The molecular formula is C22H20N4OPt. The van der Waals surface area contributed by atoms with E-state index in [0.29, 0.717) is 0 Å². The molecule has 6 rings (SSSR count). The average molecular weight is 552 g/mol. The monoisotopic (exact) mass is 551 g/mol. The third-order valence-electron chi connectivity index (χ3n) is 5.19. The molecule has 0 aromatic heterocycles. The van der Waals surface area contributed by atoms with Crippen molar-refractivity contribution in [3.8, 4) is 11.5 Å². The number of hydrogen-bond acceptors (Lipinski definition) is 5. The first-order valence-electron chi connectivity index (χ1n) is 9.43. The van der Waals surface area contributed by atoms with Gasteiger partial charge in [-0.1, -0.05) is 0 Å². The van der Waals surface area contributed by atoms with Crippen molar-refractivity contribution in [1.29, 1.82) is 0 Å². The molecule has 0 fully saturated rings. The van der Waals surface area contributed by atoms with Gasteiger partial charge >= 0.3 is 172 Å². The van der Waals surface area contributed by atoms with Gasteiger partial charge in [0.05, 0.1) is 0 Å². The van der Waals surface area contributed by atoms with E-state index in [9.17, 15) is 0 Å². The van der Waals surface area contributed by atoms with Crippen LogP contribution in [-0.4, -0.2) is 41.0 Å². The Morgan fingerprint density at radius 2 is 1.14 bits per heavy atom. The minimum absolute atomic E-state index is 0.302. The zero-order valence-corrected chi connectivity index (χ0v) is 17.5. The molecule has 6 bridgehead atoms. The molecule has 0 spiro atoms. The first kappa shape index (κ1) is 16.3. The van der Waals surface area contributed by atoms with Crippen LogP contribution in [0.25, 0.3) is 0 Å². The summed E-state index contributed by atoms with van der Waals surface area (Å²) in [5.74, 6) is 1.79. The number of hydrogen-bond donors (Lipinski definition) is 0. The molecule has 0 amide bonds. The fourth-order valence-corrected chi connectivity index (χ4v) is 7.13. The summed E-state index contributed by atoms with van der Waals surface area (Å²) in [6.07, 6.45) is 8.96. The van der Waals surface area contributed by atoms with Crippen LogP contribution in [-0.2, 0) is 30.7 Å². The Morgan fingerprint density at radius 1 is 0.643 bits per heavy atom.